The normalized spacial score (nSPS) is 14.3. The topological polar surface area (TPSA) is 121 Å². The number of hydrogen-bond donors (Lipinski definition) is 2. The van der Waals surface area contributed by atoms with Crippen LogP contribution in [0, 0.1) is 13.8 Å². The highest BCUT2D eigenvalue weighted by atomic mass is 35.5. The summed E-state index contributed by atoms with van der Waals surface area (Å²) >= 11 is 12.6. The Labute approximate surface area is 325 Å². The number of carbonyl (C=O) groups excluding carboxylic acids is 2. The summed E-state index contributed by atoms with van der Waals surface area (Å²) < 4.78 is 7.43. The Kier molecular flexibility index (Phi) is 12.4. The average Bonchev–Trinajstić information content (AvgIpc) is 3.52. The summed E-state index contributed by atoms with van der Waals surface area (Å²) in [5, 5.41) is 17.8. The Bertz CT molecular complexity index is 2200. The number of amides is 2. The molecule has 2 aliphatic rings. The van der Waals surface area contributed by atoms with Crippen molar-refractivity contribution >= 4 is 35.0 Å². The fraction of sp³-hybridized carbons (Fsp3) is 0.333. The minimum absolute atomic E-state index is 0.0498. The number of aromatic hydroxyl groups is 1. The molecule has 2 aliphatic heterocycles. The molecule has 2 amide bonds. The summed E-state index contributed by atoms with van der Waals surface area (Å²) in [5.41, 5.74) is 5.78. The number of benzene rings is 4. The second-order valence-electron chi connectivity index (χ2n) is 13.9. The number of phenolic OH excluding ortho intramolecular Hbond substituents is 1. The van der Waals surface area contributed by atoms with Gasteiger partial charge in [0.05, 0.1) is 0 Å². The van der Waals surface area contributed by atoms with Gasteiger partial charge in [-0.1, -0.05) is 47.5 Å². The van der Waals surface area contributed by atoms with Gasteiger partial charge in [-0.3, -0.25) is 14.2 Å². The lowest BCUT2D eigenvalue weighted by atomic mass is 9.99. The molecule has 12 heteroatoms. The summed E-state index contributed by atoms with van der Waals surface area (Å²) in [6, 6.07) is 22.0. The van der Waals surface area contributed by atoms with Gasteiger partial charge in [-0.2, -0.15) is 5.10 Å². The zero-order valence-corrected chi connectivity index (χ0v) is 32.3. The Morgan fingerprint density at radius 1 is 0.741 bits per heavy atom. The van der Waals surface area contributed by atoms with Crippen LogP contribution >= 0.6 is 23.2 Å². The lowest BCUT2D eigenvalue weighted by Crippen LogP contribution is -2.35. The molecule has 10 nitrogen and oxygen atoms in total. The Morgan fingerprint density at radius 3 is 1.76 bits per heavy atom. The molecule has 0 atom stereocenters. The largest absolute Gasteiger partial charge is 0.507 e. The van der Waals surface area contributed by atoms with Crippen molar-refractivity contribution in [2.45, 2.75) is 59.0 Å². The van der Waals surface area contributed by atoms with Gasteiger partial charge < -0.3 is 19.6 Å². The monoisotopic (exact) mass is 769 g/mol. The van der Waals surface area contributed by atoms with Crippen LogP contribution in [0.2, 0.25) is 10.0 Å². The number of phenols is 1. The van der Waals surface area contributed by atoms with E-state index < -0.39 is 0 Å². The number of rotatable bonds is 7. The molecule has 0 unspecified atom stereocenters. The maximum absolute atomic E-state index is 13.0. The molecule has 54 heavy (non-hydrogen) atoms. The fourth-order valence-corrected chi connectivity index (χ4v) is 7.07. The molecule has 0 bridgehead atoms. The summed E-state index contributed by atoms with van der Waals surface area (Å²) in [4.78, 5) is 41.0. The summed E-state index contributed by atoms with van der Waals surface area (Å²) in [6.45, 7) is 7.12. The fourth-order valence-electron chi connectivity index (χ4n) is 6.75. The second-order valence-corrected chi connectivity index (χ2v) is 14.7. The third-order valence-corrected chi connectivity index (χ3v) is 10.8. The van der Waals surface area contributed by atoms with Gasteiger partial charge in [-0.05, 0) is 123 Å². The van der Waals surface area contributed by atoms with E-state index >= 15 is 0 Å². The van der Waals surface area contributed by atoms with Crippen molar-refractivity contribution in [1.82, 2.24) is 24.6 Å². The first-order chi connectivity index (χ1) is 26.0. The molecular weight excluding hydrogens is 725 g/mol. The van der Waals surface area contributed by atoms with Gasteiger partial charge in [0.25, 0.3) is 11.8 Å². The highest BCUT2D eigenvalue weighted by Gasteiger charge is 2.21. The smallest absolute Gasteiger partial charge is 0.343 e. The van der Waals surface area contributed by atoms with Crippen LogP contribution in [-0.4, -0.2) is 67.7 Å². The lowest BCUT2D eigenvalue weighted by molar-refractivity contribution is 0.0717. The number of piperidine rings is 2. The molecule has 3 heterocycles. The number of H-pyrrole nitrogens is 1. The number of nitrogens with zero attached hydrogens (tertiary/aromatic N) is 4. The van der Waals surface area contributed by atoms with E-state index in [-0.39, 0.29) is 29.9 Å². The highest BCUT2D eigenvalue weighted by molar-refractivity contribution is 6.32. The molecule has 2 fully saturated rings. The first kappa shape index (κ1) is 38.7. The Hall–Kier alpha value is -5.06. The number of aromatic amines is 1. The van der Waals surface area contributed by atoms with Gasteiger partial charge in [0.1, 0.15) is 18.1 Å². The van der Waals surface area contributed by atoms with Gasteiger partial charge in [-0.15, -0.1) is 0 Å². The molecule has 2 saturated heterocycles. The predicted octanol–water partition coefficient (Wildman–Crippen LogP) is 8.59. The number of likely N-dealkylation sites (tertiary alicyclic amines) is 2. The van der Waals surface area contributed by atoms with E-state index in [0.29, 0.717) is 38.3 Å². The van der Waals surface area contributed by atoms with Crippen LogP contribution in [0.25, 0.3) is 22.3 Å². The zero-order chi connectivity index (χ0) is 38.4. The highest BCUT2D eigenvalue weighted by Crippen LogP contribution is 2.37. The number of aryl methyl sites for hydroxylation is 2. The lowest BCUT2D eigenvalue weighted by Gasteiger charge is -2.27. The molecule has 2 N–H and O–H groups in total. The number of aromatic nitrogens is 3. The predicted molar refractivity (Wildman–Crippen MR) is 213 cm³/mol. The minimum atomic E-state index is -0.296. The van der Waals surface area contributed by atoms with Gasteiger partial charge >= 0.3 is 5.69 Å². The van der Waals surface area contributed by atoms with Crippen LogP contribution in [0.5, 0.6) is 11.5 Å². The number of halogens is 2. The number of nitrogens with one attached hydrogen (secondary N) is 1. The van der Waals surface area contributed by atoms with Gasteiger partial charge in [-0.25, -0.2) is 9.89 Å². The number of hydrogen-bond acceptors (Lipinski definition) is 6. The van der Waals surface area contributed by atoms with E-state index in [1.54, 1.807) is 19.2 Å². The van der Waals surface area contributed by atoms with Crippen molar-refractivity contribution in [3.8, 4) is 33.8 Å². The van der Waals surface area contributed by atoms with Crippen molar-refractivity contribution in [3.63, 3.8) is 0 Å². The number of ether oxygens (including phenoxy) is 1. The van der Waals surface area contributed by atoms with Gasteiger partial charge in [0, 0.05) is 65.5 Å². The zero-order valence-electron chi connectivity index (χ0n) is 30.8. The molecule has 0 saturated carbocycles. The summed E-state index contributed by atoms with van der Waals surface area (Å²) in [5.74, 6) is 1.38. The van der Waals surface area contributed by atoms with E-state index in [4.69, 9.17) is 27.9 Å². The standard InChI is InChI=1S/C23H25ClN4O3.C19H20ClNO2/c1-15-11-20(31-14-21-25-26-23(30)27(21)2)18(13-19(15)24)16-7-6-8-17(12-16)22(29)28-9-4-3-5-10-28;1-13-10-18(22)16(12-17(13)20)14-6-5-7-15(11-14)19(23)21-8-3-2-4-9-21/h6-8,11-13H,3-5,9-10,14H2,1-2H3,(H,26,30);5-7,10-12,22H,2-4,8-9H2,1H3. The molecule has 1 aromatic heterocycles. The van der Waals surface area contributed by atoms with Crippen molar-refractivity contribution in [3.05, 3.63) is 121 Å². The Balaban J connectivity index is 0.000000193. The molecule has 0 spiro atoms. The molecular formula is C42H45Cl2N5O5. The van der Waals surface area contributed by atoms with Gasteiger partial charge in [0.15, 0.2) is 5.82 Å². The van der Waals surface area contributed by atoms with Crippen molar-refractivity contribution in [2.75, 3.05) is 26.2 Å². The maximum Gasteiger partial charge on any atom is 0.343 e. The van der Waals surface area contributed by atoms with E-state index in [0.717, 1.165) is 79.7 Å². The minimum Gasteiger partial charge on any atom is -0.507 e. The molecule has 7 rings (SSSR count). The molecule has 4 aromatic carbocycles. The van der Waals surface area contributed by atoms with Crippen LogP contribution in [0.1, 0.15) is 76.2 Å². The first-order valence-electron chi connectivity index (χ1n) is 18.3. The van der Waals surface area contributed by atoms with Crippen LogP contribution in [-0.2, 0) is 13.7 Å². The van der Waals surface area contributed by atoms with Crippen molar-refractivity contribution in [1.29, 1.82) is 0 Å². The maximum atomic E-state index is 13.0. The van der Waals surface area contributed by atoms with Gasteiger partial charge in [0.2, 0.25) is 0 Å². The van der Waals surface area contributed by atoms with Crippen LogP contribution < -0.4 is 10.4 Å². The molecule has 0 aliphatic carbocycles. The second kappa shape index (κ2) is 17.4. The SMILES string of the molecule is Cc1cc(O)c(-c2cccc(C(=O)N3CCCCC3)c2)cc1Cl.Cc1cc(OCc2n[nH]c(=O)n2C)c(-c2cccc(C(=O)N3CCCCC3)c2)cc1Cl. The van der Waals surface area contributed by atoms with E-state index in [9.17, 15) is 19.5 Å². The Morgan fingerprint density at radius 2 is 1.24 bits per heavy atom. The van der Waals surface area contributed by atoms with E-state index in [2.05, 4.69) is 10.2 Å². The third-order valence-electron chi connectivity index (χ3n) is 9.99. The van der Waals surface area contributed by atoms with E-state index in [1.807, 2.05) is 84.3 Å². The van der Waals surface area contributed by atoms with Crippen molar-refractivity contribution in [2.24, 2.45) is 7.05 Å². The van der Waals surface area contributed by atoms with Crippen molar-refractivity contribution < 1.29 is 19.4 Å². The average molecular weight is 771 g/mol. The molecule has 5 aromatic rings. The van der Waals surface area contributed by atoms with E-state index in [1.165, 1.54) is 17.4 Å². The summed E-state index contributed by atoms with van der Waals surface area (Å²) in [6.07, 6.45) is 6.60. The van der Waals surface area contributed by atoms with Crippen LogP contribution in [0.4, 0.5) is 0 Å². The first-order valence-corrected chi connectivity index (χ1v) is 19.1. The number of carbonyl (C=O) groups is 2. The molecule has 0 radical (unpaired) electrons. The van der Waals surface area contributed by atoms with Crippen LogP contribution in [0.3, 0.4) is 0 Å². The summed E-state index contributed by atoms with van der Waals surface area (Å²) in [7, 11) is 1.63. The third kappa shape index (κ3) is 9.00. The quantitative estimate of drug-likeness (QED) is 0.171. The molecule has 282 valence electrons. The van der Waals surface area contributed by atoms with Crippen LogP contribution in [0.15, 0.2) is 77.6 Å².